The van der Waals surface area contributed by atoms with Gasteiger partial charge in [-0.1, -0.05) is 53.4 Å². The molecule has 0 aromatic rings. The van der Waals surface area contributed by atoms with Crippen LogP contribution in [-0.4, -0.2) is 23.8 Å². The molecule has 0 aliphatic heterocycles. The van der Waals surface area contributed by atoms with E-state index in [0.29, 0.717) is 0 Å². The quantitative estimate of drug-likeness (QED) is 0.527. The molecule has 1 N–H and O–H groups in total. The number of methoxy groups -OCH3 is 1. The summed E-state index contributed by atoms with van der Waals surface area (Å²) in [6, 6.07) is 0. The van der Waals surface area contributed by atoms with Crippen molar-refractivity contribution in [2.75, 3.05) is 7.11 Å². The van der Waals surface area contributed by atoms with Gasteiger partial charge in [0.15, 0.2) is 5.60 Å². The van der Waals surface area contributed by atoms with Gasteiger partial charge < -0.3 is 9.84 Å². The minimum absolute atomic E-state index is 0.0631. The van der Waals surface area contributed by atoms with Crippen LogP contribution in [0.25, 0.3) is 0 Å². The van der Waals surface area contributed by atoms with Crippen molar-refractivity contribution in [2.24, 2.45) is 11.8 Å². The van der Waals surface area contributed by atoms with Crippen molar-refractivity contribution in [3.63, 3.8) is 0 Å². The number of hydrogen-bond acceptors (Lipinski definition) is 3. The molecule has 2 atom stereocenters. The van der Waals surface area contributed by atoms with Gasteiger partial charge in [0, 0.05) is 0 Å². The lowest BCUT2D eigenvalue weighted by Crippen LogP contribution is -2.50. The van der Waals surface area contributed by atoms with Gasteiger partial charge >= 0.3 is 5.97 Å². The van der Waals surface area contributed by atoms with Crippen LogP contribution in [0.1, 0.15) is 59.8 Å². The van der Waals surface area contributed by atoms with Gasteiger partial charge in [0.25, 0.3) is 0 Å². The van der Waals surface area contributed by atoms with Crippen molar-refractivity contribution >= 4 is 5.97 Å². The Morgan fingerprint density at radius 2 is 1.82 bits per heavy atom. The third-order valence-corrected chi connectivity index (χ3v) is 3.63. The zero-order chi connectivity index (χ0) is 13.5. The Balaban J connectivity index is 4.44. The summed E-state index contributed by atoms with van der Waals surface area (Å²) >= 11 is 0. The molecule has 3 nitrogen and oxygen atoms in total. The number of esters is 1. The first kappa shape index (κ1) is 16.4. The standard InChI is InChI=1S/C14H28O3/c1-6-7-8-9-10-12(4)14(16,11(2)3)13(15)17-5/h11-12,16H,6-10H2,1-5H3. The number of unbranched alkanes of at least 4 members (excludes halogenated alkanes) is 3. The summed E-state index contributed by atoms with van der Waals surface area (Å²) in [6.07, 6.45) is 5.49. The summed E-state index contributed by atoms with van der Waals surface area (Å²) in [7, 11) is 1.33. The SMILES string of the molecule is CCCCCCC(C)C(O)(C(=O)OC)C(C)C. The zero-order valence-corrected chi connectivity index (χ0v) is 12.0. The fraction of sp³-hybridized carbons (Fsp3) is 0.929. The number of ether oxygens (including phenoxy) is 1. The first-order valence-electron chi connectivity index (χ1n) is 6.71. The van der Waals surface area contributed by atoms with Crippen molar-refractivity contribution in [1.29, 1.82) is 0 Å². The fourth-order valence-electron chi connectivity index (χ4n) is 2.27. The Morgan fingerprint density at radius 1 is 1.24 bits per heavy atom. The molecule has 0 aromatic heterocycles. The van der Waals surface area contributed by atoms with E-state index in [4.69, 9.17) is 4.74 Å². The lowest BCUT2D eigenvalue weighted by molar-refractivity contribution is -0.175. The second-order valence-electron chi connectivity index (χ2n) is 5.22. The molecule has 0 saturated heterocycles. The van der Waals surface area contributed by atoms with E-state index < -0.39 is 11.6 Å². The molecule has 0 aliphatic rings. The van der Waals surface area contributed by atoms with Crippen LogP contribution in [-0.2, 0) is 9.53 Å². The zero-order valence-electron chi connectivity index (χ0n) is 12.0. The third kappa shape index (κ3) is 4.30. The average molecular weight is 244 g/mol. The lowest BCUT2D eigenvalue weighted by Gasteiger charge is -2.35. The molecule has 0 aliphatic carbocycles. The molecular weight excluding hydrogens is 216 g/mol. The van der Waals surface area contributed by atoms with Crippen LogP contribution in [0, 0.1) is 11.8 Å². The average Bonchev–Trinajstić information content (AvgIpc) is 2.31. The second kappa shape index (κ2) is 7.70. The van der Waals surface area contributed by atoms with E-state index in [2.05, 4.69) is 6.92 Å². The van der Waals surface area contributed by atoms with E-state index >= 15 is 0 Å². The minimum atomic E-state index is -1.35. The number of hydrogen-bond donors (Lipinski definition) is 1. The third-order valence-electron chi connectivity index (χ3n) is 3.63. The maximum absolute atomic E-state index is 11.7. The summed E-state index contributed by atoms with van der Waals surface area (Å²) in [5.74, 6) is -0.696. The van der Waals surface area contributed by atoms with Gasteiger partial charge in [0.2, 0.25) is 0 Å². The molecule has 2 unspecified atom stereocenters. The van der Waals surface area contributed by atoms with Gasteiger partial charge in [0.05, 0.1) is 7.11 Å². The predicted octanol–water partition coefficient (Wildman–Crippen LogP) is 3.15. The van der Waals surface area contributed by atoms with Gasteiger partial charge in [-0.3, -0.25) is 0 Å². The highest BCUT2D eigenvalue weighted by atomic mass is 16.5. The minimum Gasteiger partial charge on any atom is -0.467 e. The van der Waals surface area contributed by atoms with Gasteiger partial charge in [-0.25, -0.2) is 4.79 Å². The van der Waals surface area contributed by atoms with Crippen LogP contribution in [0.5, 0.6) is 0 Å². The lowest BCUT2D eigenvalue weighted by atomic mass is 9.77. The van der Waals surface area contributed by atoms with Crippen molar-refractivity contribution < 1.29 is 14.6 Å². The highest BCUT2D eigenvalue weighted by Crippen LogP contribution is 2.31. The fourth-order valence-corrected chi connectivity index (χ4v) is 2.27. The summed E-state index contributed by atoms with van der Waals surface area (Å²) in [5, 5.41) is 10.5. The summed E-state index contributed by atoms with van der Waals surface area (Å²) in [6.45, 7) is 7.82. The molecule has 102 valence electrons. The Hall–Kier alpha value is -0.570. The van der Waals surface area contributed by atoms with Crippen molar-refractivity contribution in [3.8, 4) is 0 Å². The van der Waals surface area contributed by atoms with E-state index in [0.717, 1.165) is 19.3 Å². The number of carbonyl (C=O) groups excluding carboxylic acids is 1. The van der Waals surface area contributed by atoms with E-state index in [1.807, 2.05) is 20.8 Å². The normalized spacial score (nSPS) is 16.6. The van der Waals surface area contributed by atoms with Crippen molar-refractivity contribution in [3.05, 3.63) is 0 Å². The molecule has 0 rings (SSSR count). The van der Waals surface area contributed by atoms with E-state index in [1.165, 1.54) is 20.0 Å². The van der Waals surface area contributed by atoms with Crippen LogP contribution in [0.4, 0.5) is 0 Å². The predicted molar refractivity (Wildman–Crippen MR) is 69.7 cm³/mol. The molecule has 0 amide bonds. The van der Waals surface area contributed by atoms with Crippen LogP contribution in [0.3, 0.4) is 0 Å². The molecule has 3 heteroatoms. The maximum atomic E-state index is 11.7. The molecule has 0 aromatic carbocycles. The smallest absolute Gasteiger partial charge is 0.338 e. The maximum Gasteiger partial charge on any atom is 0.338 e. The number of rotatable bonds is 8. The Labute approximate surface area is 106 Å². The van der Waals surface area contributed by atoms with E-state index in [-0.39, 0.29) is 11.8 Å². The van der Waals surface area contributed by atoms with Gasteiger partial charge in [-0.05, 0) is 18.3 Å². The molecule has 0 fully saturated rings. The molecule has 0 radical (unpaired) electrons. The van der Waals surface area contributed by atoms with Crippen LogP contribution < -0.4 is 0 Å². The number of aliphatic hydroxyl groups is 1. The van der Waals surface area contributed by atoms with Crippen LogP contribution in [0.15, 0.2) is 0 Å². The van der Waals surface area contributed by atoms with Crippen molar-refractivity contribution in [1.82, 2.24) is 0 Å². The van der Waals surface area contributed by atoms with E-state index in [9.17, 15) is 9.90 Å². The molecule has 0 heterocycles. The molecule has 17 heavy (non-hydrogen) atoms. The Bertz CT molecular complexity index is 226. The monoisotopic (exact) mass is 244 g/mol. The largest absolute Gasteiger partial charge is 0.467 e. The van der Waals surface area contributed by atoms with E-state index in [1.54, 1.807) is 0 Å². The Kier molecular flexibility index (Phi) is 7.44. The number of carbonyl (C=O) groups is 1. The summed E-state index contributed by atoms with van der Waals surface area (Å²) in [5.41, 5.74) is -1.35. The first-order chi connectivity index (χ1) is 7.91. The summed E-state index contributed by atoms with van der Waals surface area (Å²) < 4.78 is 4.74. The molecular formula is C14H28O3. The molecule has 0 bridgehead atoms. The first-order valence-corrected chi connectivity index (χ1v) is 6.71. The summed E-state index contributed by atoms with van der Waals surface area (Å²) in [4.78, 5) is 11.7. The van der Waals surface area contributed by atoms with Crippen molar-refractivity contribution in [2.45, 2.75) is 65.4 Å². The molecule has 0 spiro atoms. The van der Waals surface area contributed by atoms with Gasteiger partial charge in [-0.15, -0.1) is 0 Å². The topological polar surface area (TPSA) is 46.5 Å². The second-order valence-corrected chi connectivity index (χ2v) is 5.22. The van der Waals surface area contributed by atoms with Crippen LogP contribution in [0.2, 0.25) is 0 Å². The highest BCUT2D eigenvalue weighted by Gasteiger charge is 2.45. The van der Waals surface area contributed by atoms with Gasteiger partial charge in [0.1, 0.15) is 0 Å². The van der Waals surface area contributed by atoms with Gasteiger partial charge in [-0.2, -0.15) is 0 Å². The molecule has 0 saturated carbocycles. The highest BCUT2D eigenvalue weighted by molar-refractivity contribution is 5.79. The Morgan fingerprint density at radius 3 is 2.24 bits per heavy atom. The van der Waals surface area contributed by atoms with Crippen LogP contribution >= 0.6 is 0 Å².